The Balaban J connectivity index is 2.21. The number of thioether (sulfide) groups is 1. The van der Waals surface area contributed by atoms with Crippen molar-refractivity contribution in [2.45, 2.75) is 25.8 Å². The Morgan fingerprint density at radius 3 is 2.61 bits per heavy atom. The molecular formula is C12H13Cl3N2S. The van der Waals surface area contributed by atoms with E-state index in [1.54, 1.807) is 23.9 Å². The topological polar surface area (TPSA) is 24.4 Å². The molecule has 0 radical (unpaired) electrons. The number of benzene rings is 1. The summed E-state index contributed by atoms with van der Waals surface area (Å²) in [5.41, 5.74) is 0.672. The van der Waals surface area contributed by atoms with Gasteiger partial charge in [0.2, 0.25) is 0 Å². The van der Waals surface area contributed by atoms with Crippen LogP contribution in [-0.4, -0.2) is 17.0 Å². The van der Waals surface area contributed by atoms with E-state index >= 15 is 0 Å². The van der Waals surface area contributed by atoms with Crippen LogP contribution in [0, 0.1) is 0 Å². The third-order valence-corrected chi connectivity index (χ3v) is 4.43. The molecule has 1 aliphatic rings. The Bertz CT molecular complexity index is 453. The van der Waals surface area contributed by atoms with Gasteiger partial charge in [-0.1, -0.05) is 53.5 Å². The van der Waals surface area contributed by atoms with Crippen molar-refractivity contribution in [3.8, 4) is 0 Å². The highest BCUT2D eigenvalue weighted by molar-refractivity contribution is 8.14. The molecular weight excluding hydrogens is 311 g/mol. The van der Waals surface area contributed by atoms with E-state index in [9.17, 15) is 0 Å². The van der Waals surface area contributed by atoms with Crippen LogP contribution in [0.25, 0.3) is 0 Å². The van der Waals surface area contributed by atoms with Crippen molar-refractivity contribution in [2.75, 3.05) is 11.1 Å². The molecule has 1 heterocycles. The summed E-state index contributed by atoms with van der Waals surface area (Å²) in [6, 6.07) is 3.73. The number of nitrogens with one attached hydrogen (secondary N) is 1. The minimum absolute atomic E-state index is 0.388. The molecule has 1 atom stereocenters. The van der Waals surface area contributed by atoms with Crippen molar-refractivity contribution in [3.05, 3.63) is 27.2 Å². The van der Waals surface area contributed by atoms with Crippen LogP contribution in [0.1, 0.15) is 19.8 Å². The van der Waals surface area contributed by atoms with Gasteiger partial charge >= 0.3 is 0 Å². The van der Waals surface area contributed by atoms with Gasteiger partial charge in [0.1, 0.15) is 0 Å². The second kappa shape index (κ2) is 6.38. The molecule has 0 saturated heterocycles. The van der Waals surface area contributed by atoms with Gasteiger partial charge in [0.15, 0.2) is 5.17 Å². The van der Waals surface area contributed by atoms with E-state index < -0.39 is 0 Å². The second-order valence-electron chi connectivity index (χ2n) is 4.00. The molecule has 0 fully saturated rings. The van der Waals surface area contributed by atoms with E-state index in [4.69, 9.17) is 34.8 Å². The average Bonchev–Trinajstić information content (AvgIpc) is 2.34. The highest BCUT2D eigenvalue weighted by atomic mass is 35.5. The van der Waals surface area contributed by atoms with Crippen LogP contribution in [-0.2, 0) is 0 Å². The summed E-state index contributed by atoms with van der Waals surface area (Å²) in [6.07, 6.45) is 2.17. The van der Waals surface area contributed by atoms with Crippen molar-refractivity contribution < 1.29 is 0 Å². The molecule has 0 saturated carbocycles. The fourth-order valence-electron chi connectivity index (χ4n) is 1.69. The molecule has 2 nitrogen and oxygen atoms in total. The van der Waals surface area contributed by atoms with E-state index in [-0.39, 0.29) is 0 Å². The first-order valence-electron chi connectivity index (χ1n) is 5.72. The third-order valence-electron chi connectivity index (χ3n) is 2.70. The number of anilines is 1. The Morgan fingerprint density at radius 1 is 1.33 bits per heavy atom. The molecule has 0 aliphatic carbocycles. The molecule has 98 valence electrons. The summed E-state index contributed by atoms with van der Waals surface area (Å²) >= 11 is 19.8. The van der Waals surface area contributed by atoms with Gasteiger partial charge in [0.05, 0.1) is 21.8 Å². The van der Waals surface area contributed by atoms with Gasteiger partial charge in [-0.25, -0.2) is 0 Å². The quantitative estimate of drug-likeness (QED) is 0.795. The van der Waals surface area contributed by atoms with Crippen LogP contribution in [0.15, 0.2) is 17.1 Å². The van der Waals surface area contributed by atoms with Crippen molar-refractivity contribution in [1.82, 2.24) is 0 Å². The molecule has 0 spiro atoms. The summed E-state index contributed by atoms with van der Waals surface area (Å²) in [5, 5.41) is 5.62. The summed E-state index contributed by atoms with van der Waals surface area (Å²) in [6.45, 7) is 2.14. The summed E-state index contributed by atoms with van der Waals surface area (Å²) in [7, 11) is 0. The summed E-state index contributed by atoms with van der Waals surface area (Å²) < 4.78 is 0. The summed E-state index contributed by atoms with van der Waals surface area (Å²) in [5.74, 6) is 1.06. The van der Waals surface area contributed by atoms with E-state index in [0.29, 0.717) is 26.8 Å². The van der Waals surface area contributed by atoms with Crippen LogP contribution in [0.5, 0.6) is 0 Å². The number of hydrogen-bond acceptors (Lipinski definition) is 3. The lowest BCUT2D eigenvalue weighted by atomic mass is 10.2. The predicted octanol–water partition coefficient (Wildman–Crippen LogP) is 5.33. The molecule has 0 aromatic heterocycles. The number of halogens is 3. The Hall–Kier alpha value is -0.0900. The minimum atomic E-state index is 0.388. The lowest BCUT2D eigenvalue weighted by Gasteiger charge is -2.20. The SMILES string of the molecule is CCC1CCSC(Nc2c(Cl)cc(Cl)cc2Cl)=N1. The van der Waals surface area contributed by atoms with Crippen LogP contribution < -0.4 is 5.32 Å². The lowest BCUT2D eigenvalue weighted by Crippen LogP contribution is -2.19. The number of aliphatic imine (C=N–C) groups is 1. The molecule has 0 amide bonds. The Kier molecular flexibility index (Phi) is 5.07. The minimum Gasteiger partial charge on any atom is -0.333 e. The number of hydrogen-bond donors (Lipinski definition) is 1. The zero-order valence-electron chi connectivity index (χ0n) is 9.84. The predicted molar refractivity (Wildman–Crippen MR) is 83.7 cm³/mol. The van der Waals surface area contributed by atoms with E-state index in [1.807, 2.05) is 0 Å². The number of amidine groups is 1. The zero-order chi connectivity index (χ0) is 13.1. The molecule has 1 N–H and O–H groups in total. The molecule has 1 aliphatic heterocycles. The first-order valence-corrected chi connectivity index (χ1v) is 7.84. The van der Waals surface area contributed by atoms with Gasteiger partial charge in [-0.3, -0.25) is 4.99 Å². The van der Waals surface area contributed by atoms with Crippen LogP contribution in [0.4, 0.5) is 5.69 Å². The fourth-order valence-corrected chi connectivity index (χ4v) is 3.58. The van der Waals surface area contributed by atoms with Crippen molar-refractivity contribution in [3.63, 3.8) is 0 Å². The molecule has 1 aromatic carbocycles. The maximum atomic E-state index is 6.13. The zero-order valence-corrected chi connectivity index (χ0v) is 12.9. The van der Waals surface area contributed by atoms with E-state index in [0.717, 1.165) is 23.8 Å². The first kappa shape index (κ1) is 14.3. The van der Waals surface area contributed by atoms with Crippen molar-refractivity contribution in [1.29, 1.82) is 0 Å². The normalized spacial score (nSPS) is 19.6. The van der Waals surface area contributed by atoms with Crippen LogP contribution in [0.2, 0.25) is 15.1 Å². The maximum Gasteiger partial charge on any atom is 0.161 e. The van der Waals surface area contributed by atoms with Crippen LogP contribution >= 0.6 is 46.6 Å². The Labute approximate surface area is 126 Å². The second-order valence-corrected chi connectivity index (χ2v) is 6.34. The highest BCUT2D eigenvalue weighted by Crippen LogP contribution is 2.35. The van der Waals surface area contributed by atoms with Gasteiger partial charge < -0.3 is 5.32 Å². The third kappa shape index (κ3) is 3.47. The first-order chi connectivity index (χ1) is 8.60. The lowest BCUT2D eigenvalue weighted by molar-refractivity contribution is 0.634. The monoisotopic (exact) mass is 322 g/mol. The van der Waals surface area contributed by atoms with Crippen molar-refractivity contribution >= 4 is 57.4 Å². The average molecular weight is 324 g/mol. The van der Waals surface area contributed by atoms with Gasteiger partial charge in [-0.2, -0.15) is 0 Å². The molecule has 1 unspecified atom stereocenters. The highest BCUT2D eigenvalue weighted by Gasteiger charge is 2.16. The fraction of sp³-hybridized carbons (Fsp3) is 0.417. The molecule has 18 heavy (non-hydrogen) atoms. The molecule has 6 heteroatoms. The smallest absolute Gasteiger partial charge is 0.161 e. The standard InChI is InChI=1S/C12H13Cl3N2S/c1-2-8-3-4-18-12(16-8)17-11-9(14)5-7(13)6-10(11)15/h5-6,8H,2-4H2,1H3,(H,16,17). The summed E-state index contributed by atoms with van der Waals surface area (Å²) in [4.78, 5) is 4.62. The van der Waals surface area contributed by atoms with E-state index in [1.165, 1.54) is 0 Å². The largest absolute Gasteiger partial charge is 0.333 e. The Morgan fingerprint density at radius 2 is 2.00 bits per heavy atom. The van der Waals surface area contributed by atoms with Gasteiger partial charge in [0, 0.05) is 10.8 Å². The van der Waals surface area contributed by atoms with Crippen molar-refractivity contribution in [2.24, 2.45) is 4.99 Å². The van der Waals surface area contributed by atoms with Crippen LogP contribution in [0.3, 0.4) is 0 Å². The molecule has 0 bridgehead atoms. The van der Waals surface area contributed by atoms with E-state index in [2.05, 4.69) is 17.2 Å². The molecule has 1 aromatic rings. The molecule has 2 rings (SSSR count). The van der Waals surface area contributed by atoms with Gasteiger partial charge in [0.25, 0.3) is 0 Å². The number of rotatable bonds is 2. The number of nitrogens with zero attached hydrogens (tertiary/aromatic N) is 1. The van der Waals surface area contributed by atoms with Gasteiger partial charge in [-0.15, -0.1) is 0 Å². The maximum absolute atomic E-state index is 6.13. The van der Waals surface area contributed by atoms with Gasteiger partial charge in [-0.05, 0) is 25.0 Å².